The van der Waals surface area contributed by atoms with Gasteiger partial charge in [0.2, 0.25) is 0 Å². The minimum absolute atomic E-state index is 0.268. The maximum atomic E-state index is 9.37. The fourth-order valence-electron chi connectivity index (χ4n) is 2.09. The lowest BCUT2D eigenvalue weighted by molar-refractivity contribution is 1.30. The van der Waals surface area contributed by atoms with Crippen LogP contribution in [0, 0.1) is 18.3 Å². The first-order valence-electron chi connectivity index (χ1n) is 7.18. The molecule has 3 rings (SSSR count). The molecule has 0 bridgehead atoms. The molecule has 6 heteroatoms. The van der Waals surface area contributed by atoms with Crippen LogP contribution in [0.2, 0.25) is 0 Å². The molecule has 0 unspecified atom stereocenters. The Kier molecular flexibility index (Phi) is 5.04. The van der Waals surface area contributed by atoms with Crippen LogP contribution in [0.3, 0.4) is 0 Å². The summed E-state index contributed by atoms with van der Waals surface area (Å²) in [5.41, 5.74) is 6.99. The van der Waals surface area contributed by atoms with E-state index >= 15 is 0 Å². The first kappa shape index (κ1) is 16.4. The van der Waals surface area contributed by atoms with Crippen LogP contribution in [0.25, 0.3) is 11.3 Å². The van der Waals surface area contributed by atoms with Crippen molar-refractivity contribution in [3.05, 3.63) is 69.0 Å². The van der Waals surface area contributed by atoms with Gasteiger partial charge in [-0.25, -0.2) is 4.98 Å². The Morgan fingerprint density at radius 3 is 2.75 bits per heavy atom. The number of aryl methyl sites for hydroxylation is 1. The molecule has 24 heavy (non-hydrogen) atoms. The average Bonchev–Trinajstić information content (AvgIpc) is 3.06. The number of hydrogen-bond donors (Lipinski definition) is 1. The highest BCUT2D eigenvalue weighted by Crippen LogP contribution is 2.24. The van der Waals surface area contributed by atoms with Gasteiger partial charge in [-0.2, -0.15) is 10.4 Å². The highest BCUT2D eigenvalue weighted by atomic mass is 79.9. The van der Waals surface area contributed by atoms with Crippen LogP contribution >= 0.6 is 27.3 Å². The van der Waals surface area contributed by atoms with Crippen LogP contribution in [0.15, 0.2) is 63.5 Å². The van der Waals surface area contributed by atoms with E-state index in [0.717, 1.165) is 27.0 Å². The summed E-state index contributed by atoms with van der Waals surface area (Å²) in [4.78, 5) is 4.52. The van der Waals surface area contributed by atoms with Crippen LogP contribution in [0.5, 0.6) is 0 Å². The molecule has 4 nitrogen and oxygen atoms in total. The molecule has 118 valence electrons. The minimum Gasteiger partial charge on any atom is -0.277 e. The Hall–Kier alpha value is -2.49. The third-order valence-electron chi connectivity index (χ3n) is 3.27. The van der Waals surface area contributed by atoms with Crippen molar-refractivity contribution in [2.45, 2.75) is 6.92 Å². The van der Waals surface area contributed by atoms with Gasteiger partial charge in [-0.3, -0.25) is 5.43 Å². The number of aromatic nitrogens is 1. The standard InChI is InChI=1S/C18H13BrN4S/c1-12-3-2-4-15(9-12)22-23-16(10-20)18-21-17(11-24-18)13-5-7-14(19)8-6-13/h2-9,11,22H,1H3. The van der Waals surface area contributed by atoms with Gasteiger partial charge in [-0.05, 0) is 36.8 Å². The molecule has 0 saturated carbocycles. The number of benzene rings is 2. The lowest BCUT2D eigenvalue weighted by Gasteiger charge is -2.01. The fourth-order valence-corrected chi connectivity index (χ4v) is 3.12. The zero-order valence-electron chi connectivity index (χ0n) is 12.8. The van der Waals surface area contributed by atoms with E-state index < -0.39 is 0 Å². The number of thiazole rings is 1. The number of rotatable bonds is 4. The van der Waals surface area contributed by atoms with Crippen molar-refractivity contribution >= 4 is 38.7 Å². The van der Waals surface area contributed by atoms with Gasteiger partial charge in [0.1, 0.15) is 6.07 Å². The minimum atomic E-state index is 0.268. The zero-order chi connectivity index (χ0) is 16.9. The predicted octanol–water partition coefficient (Wildman–Crippen LogP) is 5.22. The van der Waals surface area contributed by atoms with Crippen molar-refractivity contribution < 1.29 is 0 Å². The Morgan fingerprint density at radius 2 is 2.04 bits per heavy atom. The van der Waals surface area contributed by atoms with Crippen LogP contribution in [-0.4, -0.2) is 10.7 Å². The SMILES string of the molecule is Cc1cccc(NN=C(C#N)c2nc(-c3ccc(Br)cc3)cs2)c1. The van der Waals surface area contributed by atoms with Gasteiger partial charge in [0.25, 0.3) is 0 Å². The van der Waals surface area contributed by atoms with Crippen molar-refractivity contribution in [1.82, 2.24) is 4.98 Å². The summed E-state index contributed by atoms with van der Waals surface area (Å²) < 4.78 is 1.02. The number of halogens is 1. The van der Waals surface area contributed by atoms with Crippen molar-refractivity contribution in [2.75, 3.05) is 5.43 Å². The molecule has 3 aromatic rings. The Balaban J connectivity index is 1.82. The van der Waals surface area contributed by atoms with Gasteiger partial charge in [0, 0.05) is 15.4 Å². The largest absolute Gasteiger partial charge is 0.277 e. The van der Waals surface area contributed by atoms with Crippen molar-refractivity contribution in [3.63, 3.8) is 0 Å². The summed E-state index contributed by atoms with van der Waals surface area (Å²) in [6.07, 6.45) is 0. The predicted molar refractivity (Wildman–Crippen MR) is 102 cm³/mol. The van der Waals surface area contributed by atoms with E-state index in [-0.39, 0.29) is 5.71 Å². The van der Waals surface area contributed by atoms with Crippen LogP contribution in [-0.2, 0) is 0 Å². The van der Waals surface area contributed by atoms with E-state index in [1.807, 2.05) is 60.8 Å². The highest BCUT2D eigenvalue weighted by Gasteiger charge is 2.10. The summed E-state index contributed by atoms with van der Waals surface area (Å²) in [5, 5.41) is 16.1. The Bertz CT molecular complexity index is 923. The van der Waals surface area contributed by atoms with E-state index in [1.165, 1.54) is 11.3 Å². The molecular formula is C18H13BrN4S. The Morgan fingerprint density at radius 1 is 1.25 bits per heavy atom. The fraction of sp³-hybridized carbons (Fsp3) is 0.0556. The number of nitrogens with zero attached hydrogens (tertiary/aromatic N) is 3. The molecule has 0 radical (unpaired) electrons. The van der Waals surface area contributed by atoms with E-state index in [1.54, 1.807) is 0 Å². The molecule has 0 saturated heterocycles. The second kappa shape index (κ2) is 7.39. The van der Waals surface area contributed by atoms with Crippen LogP contribution in [0.4, 0.5) is 5.69 Å². The third kappa shape index (κ3) is 3.88. The maximum Gasteiger partial charge on any atom is 0.196 e. The smallest absolute Gasteiger partial charge is 0.196 e. The second-order valence-electron chi connectivity index (χ2n) is 5.10. The summed E-state index contributed by atoms with van der Waals surface area (Å²) >= 11 is 4.82. The molecule has 0 aliphatic rings. The molecule has 0 atom stereocenters. The summed E-state index contributed by atoms with van der Waals surface area (Å²) in [6.45, 7) is 2.01. The van der Waals surface area contributed by atoms with Gasteiger partial charge >= 0.3 is 0 Å². The van der Waals surface area contributed by atoms with Crippen molar-refractivity contribution in [3.8, 4) is 17.3 Å². The van der Waals surface area contributed by atoms with Crippen LogP contribution < -0.4 is 5.43 Å². The van der Waals surface area contributed by atoms with Gasteiger partial charge in [0.15, 0.2) is 10.7 Å². The summed E-state index contributed by atoms with van der Waals surface area (Å²) in [5.74, 6) is 0. The average molecular weight is 397 g/mol. The topological polar surface area (TPSA) is 61.1 Å². The van der Waals surface area contributed by atoms with Gasteiger partial charge < -0.3 is 0 Å². The molecule has 0 fully saturated rings. The molecule has 0 aliphatic carbocycles. The second-order valence-corrected chi connectivity index (χ2v) is 6.87. The quantitative estimate of drug-likeness (QED) is 0.485. The molecule has 0 spiro atoms. The molecule has 2 aromatic carbocycles. The van der Waals surface area contributed by atoms with Crippen molar-refractivity contribution in [2.24, 2.45) is 5.10 Å². The summed E-state index contributed by atoms with van der Waals surface area (Å²) in [6, 6.07) is 17.8. The number of hydrogen-bond acceptors (Lipinski definition) is 5. The number of nitriles is 1. The molecule has 0 aliphatic heterocycles. The van der Waals surface area contributed by atoms with Gasteiger partial charge in [0.05, 0.1) is 11.4 Å². The van der Waals surface area contributed by atoms with E-state index in [0.29, 0.717) is 5.01 Å². The molecular weight excluding hydrogens is 384 g/mol. The lowest BCUT2D eigenvalue weighted by Crippen LogP contribution is -2.01. The monoisotopic (exact) mass is 396 g/mol. The van der Waals surface area contributed by atoms with Gasteiger partial charge in [-0.15, -0.1) is 11.3 Å². The normalized spacial score (nSPS) is 11.1. The maximum absolute atomic E-state index is 9.37. The molecule has 1 N–H and O–H groups in total. The number of nitrogens with one attached hydrogen (secondary N) is 1. The number of anilines is 1. The Labute approximate surface area is 152 Å². The third-order valence-corrected chi connectivity index (χ3v) is 4.65. The first-order chi connectivity index (χ1) is 11.7. The highest BCUT2D eigenvalue weighted by molar-refractivity contribution is 9.10. The van der Waals surface area contributed by atoms with Crippen LogP contribution in [0.1, 0.15) is 10.6 Å². The molecule has 1 heterocycles. The van der Waals surface area contributed by atoms with E-state index in [4.69, 9.17) is 0 Å². The van der Waals surface area contributed by atoms with Gasteiger partial charge in [-0.1, -0.05) is 40.2 Å². The lowest BCUT2D eigenvalue weighted by atomic mass is 10.2. The summed E-state index contributed by atoms with van der Waals surface area (Å²) in [7, 11) is 0. The van der Waals surface area contributed by atoms with E-state index in [9.17, 15) is 5.26 Å². The molecule has 0 amide bonds. The van der Waals surface area contributed by atoms with Crippen molar-refractivity contribution in [1.29, 1.82) is 5.26 Å². The first-order valence-corrected chi connectivity index (χ1v) is 8.85. The zero-order valence-corrected chi connectivity index (χ0v) is 15.2. The molecule has 1 aromatic heterocycles. The van der Waals surface area contributed by atoms with E-state index in [2.05, 4.69) is 37.5 Å². The number of hydrazone groups is 1.